The van der Waals surface area contributed by atoms with Crippen LogP contribution >= 0.6 is 0 Å². The van der Waals surface area contributed by atoms with E-state index in [-0.39, 0.29) is 18.7 Å². The fraction of sp³-hybridized carbons (Fsp3) is 0.381. The molecule has 1 saturated carbocycles. The number of ether oxygens (including phenoxy) is 2. The second kappa shape index (κ2) is 7.74. The smallest absolute Gasteiger partial charge is 0.336 e. The summed E-state index contributed by atoms with van der Waals surface area (Å²) in [4.78, 5) is 24.3. The fourth-order valence-corrected chi connectivity index (χ4v) is 3.01. The predicted octanol–water partition coefficient (Wildman–Crippen LogP) is 3.27. The second-order valence-corrected chi connectivity index (χ2v) is 7.78. The maximum Gasteiger partial charge on any atom is 0.336 e. The Balaban J connectivity index is 1.46. The van der Waals surface area contributed by atoms with E-state index in [1.54, 1.807) is 12.4 Å². The van der Waals surface area contributed by atoms with E-state index in [2.05, 4.69) is 25.1 Å². The molecule has 2 N–H and O–H groups in total. The number of carboxylic acid groups (broad SMARTS) is 1. The summed E-state index contributed by atoms with van der Waals surface area (Å²) < 4.78 is 11.1. The van der Waals surface area contributed by atoms with Gasteiger partial charge in [-0.25, -0.2) is 4.98 Å². The summed E-state index contributed by atoms with van der Waals surface area (Å²) in [6, 6.07) is 5.88. The molecule has 3 aromatic rings. The van der Waals surface area contributed by atoms with Crippen molar-refractivity contribution in [3.8, 4) is 34.5 Å². The van der Waals surface area contributed by atoms with Crippen LogP contribution in [0.25, 0.3) is 22.6 Å². The topological polar surface area (TPSA) is 123 Å². The van der Waals surface area contributed by atoms with Crippen molar-refractivity contribution >= 4 is 5.97 Å². The van der Waals surface area contributed by atoms with Crippen molar-refractivity contribution in [3.05, 3.63) is 36.2 Å². The largest absolute Gasteiger partial charge is 0.481 e. The van der Waals surface area contributed by atoms with Gasteiger partial charge in [-0.2, -0.15) is 4.98 Å². The van der Waals surface area contributed by atoms with Gasteiger partial charge in [0.2, 0.25) is 5.88 Å². The van der Waals surface area contributed by atoms with Gasteiger partial charge in [-0.1, -0.05) is 6.07 Å². The number of hydrogen-bond donors (Lipinski definition) is 2. The minimum Gasteiger partial charge on any atom is -0.481 e. The van der Waals surface area contributed by atoms with Crippen molar-refractivity contribution in [2.24, 2.45) is 5.41 Å². The number of aliphatic carboxylic acids is 1. The summed E-state index contributed by atoms with van der Waals surface area (Å²) in [5, 5.41) is 16.1. The molecule has 0 radical (unpaired) electrons. The van der Waals surface area contributed by atoms with Gasteiger partial charge >= 0.3 is 12.0 Å². The predicted molar refractivity (Wildman–Crippen MR) is 108 cm³/mol. The number of nitrogens with zero attached hydrogens (tertiary/aromatic N) is 4. The number of aryl methyl sites for hydroxylation is 1. The Kier molecular flexibility index (Phi) is 5.11. The highest BCUT2D eigenvalue weighted by atomic mass is 16.5. The number of carboxylic acids is 1. The molecule has 0 amide bonds. The van der Waals surface area contributed by atoms with Crippen LogP contribution in [0.2, 0.25) is 0 Å². The molecular formula is C21H23N5O4. The molecule has 3 aromatic heterocycles. The van der Waals surface area contributed by atoms with E-state index in [9.17, 15) is 9.90 Å². The molecule has 9 nitrogen and oxygen atoms in total. The molecule has 30 heavy (non-hydrogen) atoms. The summed E-state index contributed by atoms with van der Waals surface area (Å²) in [6.45, 7) is 5.91. The van der Waals surface area contributed by atoms with Crippen LogP contribution in [0, 0.1) is 12.3 Å². The number of aromatic nitrogens is 5. The van der Waals surface area contributed by atoms with E-state index >= 15 is 0 Å². The zero-order chi connectivity index (χ0) is 21.3. The number of nitrogens with one attached hydrogen (secondary N) is 1. The lowest BCUT2D eigenvalue weighted by Crippen LogP contribution is -2.23. The lowest BCUT2D eigenvalue weighted by Gasteiger charge is -2.13. The average molecular weight is 409 g/mol. The molecule has 0 saturated heterocycles. The molecule has 0 aromatic carbocycles. The third-order valence-corrected chi connectivity index (χ3v) is 5.01. The van der Waals surface area contributed by atoms with Crippen molar-refractivity contribution in [1.29, 1.82) is 0 Å². The molecule has 0 atom stereocenters. The SMILES string of the molecule is Cc1cc(OCC2(C(=O)O)CC2)ncc1-c1ccc(-c2nc(OC(C)C)n[nH]2)nc1. The van der Waals surface area contributed by atoms with E-state index < -0.39 is 11.4 Å². The van der Waals surface area contributed by atoms with E-state index in [4.69, 9.17) is 9.47 Å². The standard InChI is InChI=1S/C21H23N5O4/c1-12(2)30-20-24-18(25-26-20)16-5-4-14(9-22-16)15-10-23-17(8-13(15)3)29-11-21(6-7-21)19(27)28/h4-5,8-10,12H,6-7,11H2,1-3H3,(H,27,28)(H,24,25,26). The highest BCUT2D eigenvalue weighted by Crippen LogP contribution is 2.46. The number of hydrogen-bond acceptors (Lipinski definition) is 7. The van der Waals surface area contributed by atoms with Gasteiger partial charge in [-0.15, -0.1) is 5.10 Å². The van der Waals surface area contributed by atoms with Crippen LogP contribution < -0.4 is 9.47 Å². The lowest BCUT2D eigenvalue weighted by molar-refractivity contribution is -0.144. The molecule has 0 unspecified atom stereocenters. The number of aromatic amines is 1. The monoisotopic (exact) mass is 409 g/mol. The fourth-order valence-electron chi connectivity index (χ4n) is 3.01. The van der Waals surface area contributed by atoms with Gasteiger partial charge in [0.25, 0.3) is 0 Å². The normalized spacial score (nSPS) is 14.5. The first-order valence-electron chi connectivity index (χ1n) is 9.75. The van der Waals surface area contributed by atoms with Crippen molar-refractivity contribution in [1.82, 2.24) is 25.1 Å². The quantitative estimate of drug-likeness (QED) is 0.581. The van der Waals surface area contributed by atoms with Crippen LogP contribution in [-0.4, -0.2) is 48.9 Å². The van der Waals surface area contributed by atoms with Crippen LogP contribution in [0.1, 0.15) is 32.3 Å². The zero-order valence-electron chi connectivity index (χ0n) is 17.0. The molecule has 0 bridgehead atoms. The first-order chi connectivity index (χ1) is 14.4. The molecule has 156 valence electrons. The number of rotatable bonds is 8. The molecule has 0 aliphatic heterocycles. The Hall–Kier alpha value is -3.49. The first-order valence-corrected chi connectivity index (χ1v) is 9.75. The van der Waals surface area contributed by atoms with Gasteiger partial charge in [0.1, 0.15) is 17.7 Å². The third kappa shape index (κ3) is 4.10. The van der Waals surface area contributed by atoms with Gasteiger partial charge in [0.15, 0.2) is 5.82 Å². The Bertz CT molecular complexity index is 1060. The molecule has 1 fully saturated rings. The number of H-pyrrole nitrogens is 1. The van der Waals surface area contributed by atoms with Gasteiger partial charge in [-0.05, 0) is 45.2 Å². The van der Waals surface area contributed by atoms with Crippen LogP contribution in [0.5, 0.6) is 11.9 Å². The van der Waals surface area contributed by atoms with E-state index in [0.717, 1.165) is 16.7 Å². The highest BCUT2D eigenvalue weighted by molar-refractivity contribution is 5.78. The van der Waals surface area contributed by atoms with Crippen molar-refractivity contribution < 1.29 is 19.4 Å². The summed E-state index contributed by atoms with van der Waals surface area (Å²) in [5.74, 6) is 0.146. The Morgan fingerprint density at radius 3 is 2.67 bits per heavy atom. The number of pyridine rings is 2. The van der Waals surface area contributed by atoms with Crippen molar-refractivity contribution in [2.45, 2.75) is 39.7 Å². The molecule has 1 aliphatic rings. The summed E-state index contributed by atoms with van der Waals surface area (Å²) >= 11 is 0. The molecule has 3 heterocycles. The summed E-state index contributed by atoms with van der Waals surface area (Å²) in [7, 11) is 0. The molecular weight excluding hydrogens is 386 g/mol. The van der Waals surface area contributed by atoms with E-state index in [0.29, 0.717) is 30.2 Å². The Morgan fingerprint density at radius 2 is 2.07 bits per heavy atom. The molecule has 9 heteroatoms. The molecule has 1 aliphatic carbocycles. The average Bonchev–Trinajstić information content (AvgIpc) is 3.38. The third-order valence-electron chi connectivity index (χ3n) is 5.01. The number of carbonyl (C=O) groups is 1. The maximum absolute atomic E-state index is 11.3. The van der Waals surface area contributed by atoms with Crippen LogP contribution in [-0.2, 0) is 4.79 Å². The van der Waals surface area contributed by atoms with Gasteiger partial charge in [0.05, 0.1) is 6.10 Å². The maximum atomic E-state index is 11.3. The first kappa shape index (κ1) is 19.8. The minimum absolute atomic E-state index is 0.00894. The van der Waals surface area contributed by atoms with Gasteiger partial charge in [0, 0.05) is 29.6 Å². The zero-order valence-corrected chi connectivity index (χ0v) is 17.0. The molecule has 4 rings (SSSR count). The van der Waals surface area contributed by atoms with Crippen molar-refractivity contribution in [3.63, 3.8) is 0 Å². The summed E-state index contributed by atoms with van der Waals surface area (Å²) in [5.41, 5.74) is 2.69. The van der Waals surface area contributed by atoms with Crippen LogP contribution in [0.15, 0.2) is 30.6 Å². The van der Waals surface area contributed by atoms with E-state index in [1.807, 2.05) is 39.0 Å². The van der Waals surface area contributed by atoms with Crippen LogP contribution in [0.3, 0.4) is 0 Å². The lowest BCUT2D eigenvalue weighted by atomic mass is 10.0. The summed E-state index contributed by atoms with van der Waals surface area (Å²) in [6.07, 6.45) is 4.74. The van der Waals surface area contributed by atoms with Crippen LogP contribution in [0.4, 0.5) is 0 Å². The Morgan fingerprint density at radius 1 is 1.27 bits per heavy atom. The highest BCUT2D eigenvalue weighted by Gasteiger charge is 2.51. The van der Waals surface area contributed by atoms with Crippen molar-refractivity contribution in [2.75, 3.05) is 6.61 Å². The molecule has 0 spiro atoms. The van der Waals surface area contributed by atoms with Gasteiger partial charge < -0.3 is 14.6 Å². The van der Waals surface area contributed by atoms with Gasteiger partial charge in [-0.3, -0.25) is 14.9 Å². The second-order valence-electron chi connectivity index (χ2n) is 7.78. The Labute approximate surface area is 173 Å². The van der Waals surface area contributed by atoms with E-state index in [1.165, 1.54) is 0 Å². The minimum atomic E-state index is -0.809.